The average Bonchev–Trinajstić information content (AvgIpc) is 2.25. The van der Waals surface area contributed by atoms with Gasteiger partial charge in [-0.1, -0.05) is 13.8 Å². The van der Waals surface area contributed by atoms with Gasteiger partial charge in [-0.3, -0.25) is 4.99 Å². The molecule has 98 valence electrons. The molecule has 2 saturated carbocycles. The van der Waals surface area contributed by atoms with Gasteiger partial charge in [-0.2, -0.15) is 0 Å². The maximum atomic E-state index is 5.46. The van der Waals surface area contributed by atoms with Crippen LogP contribution in [-0.2, 0) is 4.74 Å². The van der Waals surface area contributed by atoms with Crippen molar-refractivity contribution in [3.63, 3.8) is 0 Å². The summed E-state index contributed by atoms with van der Waals surface area (Å²) < 4.78 is 5.46. The topological polar surface area (TPSA) is 45.7 Å². The monoisotopic (exact) mass is 239 g/mol. The Morgan fingerprint density at radius 3 is 2.41 bits per heavy atom. The van der Waals surface area contributed by atoms with Crippen LogP contribution in [0.25, 0.3) is 0 Å². The number of aliphatic imine (C=N–C) groups is 1. The minimum atomic E-state index is 0.186. The number of ether oxygens (including phenoxy) is 1. The molecule has 17 heavy (non-hydrogen) atoms. The van der Waals surface area contributed by atoms with Crippen LogP contribution in [0.2, 0.25) is 0 Å². The zero-order valence-corrected chi connectivity index (χ0v) is 11.4. The lowest BCUT2D eigenvalue weighted by Gasteiger charge is -2.51. The summed E-state index contributed by atoms with van der Waals surface area (Å²) >= 11 is 0. The van der Waals surface area contributed by atoms with Crippen molar-refractivity contribution >= 4 is 5.96 Å². The van der Waals surface area contributed by atoms with Crippen molar-refractivity contribution in [2.75, 3.05) is 14.2 Å². The fraction of sp³-hybridized carbons (Fsp3) is 0.923. The summed E-state index contributed by atoms with van der Waals surface area (Å²) in [5.74, 6) is 0.947. The number of hydrogen-bond donors (Lipinski definition) is 2. The molecular weight excluding hydrogens is 214 g/mol. The molecule has 0 bridgehead atoms. The Morgan fingerprint density at radius 1 is 1.29 bits per heavy atom. The summed E-state index contributed by atoms with van der Waals surface area (Å²) in [5.41, 5.74) is 0.186. The van der Waals surface area contributed by atoms with Gasteiger partial charge in [-0.15, -0.1) is 0 Å². The lowest BCUT2D eigenvalue weighted by molar-refractivity contribution is -0.0923. The molecule has 2 aliphatic carbocycles. The van der Waals surface area contributed by atoms with Crippen molar-refractivity contribution in [1.29, 1.82) is 0 Å². The molecule has 0 saturated heterocycles. The Kier molecular flexibility index (Phi) is 3.61. The quantitative estimate of drug-likeness (QED) is 0.580. The number of guanidine groups is 1. The molecule has 2 fully saturated rings. The third-order valence-corrected chi connectivity index (χ3v) is 4.44. The summed E-state index contributed by atoms with van der Waals surface area (Å²) in [6.07, 6.45) is 5.32. The van der Waals surface area contributed by atoms with E-state index in [1.807, 2.05) is 7.05 Å². The Bertz CT molecular complexity index is 297. The zero-order valence-electron chi connectivity index (χ0n) is 11.4. The van der Waals surface area contributed by atoms with E-state index in [4.69, 9.17) is 4.74 Å². The number of nitrogens with one attached hydrogen (secondary N) is 2. The Morgan fingerprint density at radius 2 is 2.00 bits per heavy atom. The highest BCUT2D eigenvalue weighted by Crippen LogP contribution is 2.42. The largest absolute Gasteiger partial charge is 0.381 e. The molecule has 2 aliphatic rings. The van der Waals surface area contributed by atoms with E-state index in [2.05, 4.69) is 29.5 Å². The highest BCUT2D eigenvalue weighted by atomic mass is 16.5. The van der Waals surface area contributed by atoms with Crippen molar-refractivity contribution in [3.8, 4) is 0 Å². The predicted octanol–water partition coefficient (Wildman–Crippen LogP) is 1.52. The van der Waals surface area contributed by atoms with Crippen molar-refractivity contribution < 1.29 is 4.74 Å². The first-order chi connectivity index (χ1) is 8.07. The van der Waals surface area contributed by atoms with E-state index in [1.54, 1.807) is 7.11 Å². The molecule has 2 N–H and O–H groups in total. The highest BCUT2D eigenvalue weighted by molar-refractivity contribution is 5.80. The third-order valence-electron chi connectivity index (χ3n) is 4.44. The maximum absolute atomic E-state index is 5.46. The van der Waals surface area contributed by atoms with Gasteiger partial charge < -0.3 is 15.4 Å². The summed E-state index contributed by atoms with van der Waals surface area (Å²) in [6.45, 7) is 4.50. The molecular formula is C13H25N3O. The number of rotatable bonds is 3. The molecule has 2 rings (SSSR count). The Labute approximate surface area is 104 Å². The second-order valence-corrected chi connectivity index (χ2v) is 5.82. The van der Waals surface area contributed by atoms with Gasteiger partial charge in [0.15, 0.2) is 5.96 Å². The second-order valence-electron chi connectivity index (χ2n) is 5.82. The summed E-state index contributed by atoms with van der Waals surface area (Å²) in [4.78, 5) is 4.30. The van der Waals surface area contributed by atoms with Gasteiger partial charge in [0.25, 0.3) is 0 Å². The summed E-state index contributed by atoms with van der Waals surface area (Å²) in [5, 5.41) is 6.99. The summed E-state index contributed by atoms with van der Waals surface area (Å²) in [7, 11) is 3.64. The molecule has 0 aromatic rings. The van der Waals surface area contributed by atoms with Gasteiger partial charge in [0.1, 0.15) is 0 Å². The van der Waals surface area contributed by atoms with E-state index < -0.39 is 0 Å². The van der Waals surface area contributed by atoms with E-state index in [0.717, 1.165) is 12.4 Å². The van der Waals surface area contributed by atoms with E-state index in [-0.39, 0.29) is 5.41 Å². The number of methoxy groups -OCH3 is 1. The predicted molar refractivity (Wildman–Crippen MR) is 70.3 cm³/mol. The molecule has 4 nitrogen and oxygen atoms in total. The van der Waals surface area contributed by atoms with Gasteiger partial charge in [-0.25, -0.2) is 0 Å². The lowest BCUT2D eigenvalue weighted by atomic mass is 9.64. The van der Waals surface area contributed by atoms with Gasteiger partial charge in [0, 0.05) is 31.7 Å². The van der Waals surface area contributed by atoms with E-state index in [0.29, 0.717) is 18.2 Å². The molecule has 4 heteroatoms. The van der Waals surface area contributed by atoms with Crippen LogP contribution in [0.4, 0.5) is 0 Å². The van der Waals surface area contributed by atoms with Crippen LogP contribution < -0.4 is 10.6 Å². The first-order valence-corrected chi connectivity index (χ1v) is 6.60. The fourth-order valence-electron chi connectivity index (χ4n) is 2.61. The zero-order chi connectivity index (χ0) is 12.5. The van der Waals surface area contributed by atoms with Crippen LogP contribution in [0.3, 0.4) is 0 Å². The molecule has 0 radical (unpaired) electrons. The van der Waals surface area contributed by atoms with Crippen molar-refractivity contribution in [2.45, 2.75) is 57.7 Å². The van der Waals surface area contributed by atoms with E-state index >= 15 is 0 Å². The average molecular weight is 239 g/mol. The lowest BCUT2D eigenvalue weighted by Crippen LogP contribution is -2.64. The van der Waals surface area contributed by atoms with Crippen LogP contribution in [0.1, 0.15) is 39.5 Å². The molecule has 0 aromatic heterocycles. The Balaban J connectivity index is 1.83. The number of nitrogens with zero attached hydrogens (tertiary/aromatic N) is 1. The van der Waals surface area contributed by atoms with E-state index in [1.165, 1.54) is 19.3 Å². The van der Waals surface area contributed by atoms with E-state index in [9.17, 15) is 0 Å². The molecule has 0 heterocycles. The van der Waals surface area contributed by atoms with Crippen molar-refractivity contribution in [3.05, 3.63) is 0 Å². The third kappa shape index (κ3) is 2.41. The first-order valence-electron chi connectivity index (χ1n) is 6.60. The van der Waals surface area contributed by atoms with Gasteiger partial charge in [0.2, 0.25) is 0 Å². The van der Waals surface area contributed by atoms with Crippen molar-refractivity contribution in [2.24, 2.45) is 10.4 Å². The fourth-order valence-corrected chi connectivity index (χ4v) is 2.61. The van der Waals surface area contributed by atoms with Crippen LogP contribution in [0.15, 0.2) is 4.99 Å². The van der Waals surface area contributed by atoms with Gasteiger partial charge in [0.05, 0.1) is 6.10 Å². The molecule has 0 spiro atoms. The van der Waals surface area contributed by atoms with Crippen LogP contribution in [-0.4, -0.2) is 38.3 Å². The minimum Gasteiger partial charge on any atom is -0.381 e. The van der Waals surface area contributed by atoms with Gasteiger partial charge in [-0.05, 0) is 25.7 Å². The molecule has 2 unspecified atom stereocenters. The molecule has 0 aromatic carbocycles. The maximum Gasteiger partial charge on any atom is 0.191 e. The molecule has 0 amide bonds. The van der Waals surface area contributed by atoms with Crippen LogP contribution >= 0.6 is 0 Å². The van der Waals surface area contributed by atoms with Gasteiger partial charge >= 0.3 is 0 Å². The Hall–Kier alpha value is -0.770. The van der Waals surface area contributed by atoms with Crippen LogP contribution in [0, 0.1) is 5.41 Å². The first kappa shape index (κ1) is 12.7. The smallest absolute Gasteiger partial charge is 0.191 e. The standard InChI is InChI=1S/C13H25N3O/c1-13(2)10(8-11(13)17-4)16-12(14-3)15-9-6-5-7-9/h9-11H,5-8H2,1-4H3,(H2,14,15,16). The molecule has 0 aliphatic heterocycles. The summed E-state index contributed by atoms with van der Waals surface area (Å²) in [6, 6.07) is 1.08. The number of hydrogen-bond acceptors (Lipinski definition) is 2. The molecule has 2 atom stereocenters. The highest BCUT2D eigenvalue weighted by Gasteiger charge is 2.49. The van der Waals surface area contributed by atoms with Crippen molar-refractivity contribution in [1.82, 2.24) is 10.6 Å². The van der Waals surface area contributed by atoms with Crippen LogP contribution in [0.5, 0.6) is 0 Å². The minimum absolute atomic E-state index is 0.186. The SMILES string of the molecule is CN=C(NC1CCC1)NC1CC(OC)C1(C)C. The normalized spacial score (nSPS) is 32.6. The second kappa shape index (κ2) is 4.84.